The molecular formula is C20H30N6O. The lowest BCUT2D eigenvalue weighted by Gasteiger charge is -2.35. The summed E-state index contributed by atoms with van der Waals surface area (Å²) in [7, 11) is 0. The van der Waals surface area contributed by atoms with Crippen molar-refractivity contribution in [1.82, 2.24) is 19.5 Å². The molecule has 2 aliphatic heterocycles. The van der Waals surface area contributed by atoms with Crippen LogP contribution in [-0.4, -0.2) is 51.4 Å². The van der Waals surface area contributed by atoms with Crippen LogP contribution in [0.3, 0.4) is 0 Å². The first-order valence-electron chi connectivity index (χ1n) is 10.1. The summed E-state index contributed by atoms with van der Waals surface area (Å²) < 4.78 is 8.21. The van der Waals surface area contributed by atoms with Crippen LogP contribution < -0.4 is 10.2 Å². The molecule has 146 valence electrons. The molecule has 4 rings (SSSR count). The molecule has 2 fully saturated rings. The molecule has 2 saturated heterocycles. The number of hydrogen-bond donors (Lipinski definition) is 1. The number of piperidine rings is 1. The lowest BCUT2D eigenvalue weighted by molar-refractivity contribution is -0.0203. The second-order valence-electron chi connectivity index (χ2n) is 7.94. The van der Waals surface area contributed by atoms with Crippen LogP contribution in [0.1, 0.15) is 45.6 Å². The van der Waals surface area contributed by atoms with Crippen LogP contribution in [-0.2, 0) is 4.74 Å². The van der Waals surface area contributed by atoms with Crippen molar-refractivity contribution in [3.05, 3.63) is 31.0 Å². The molecule has 27 heavy (non-hydrogen) atoms. The van der Waals surface area contributed by atoms with Crippen LogP contribution >= 0.6 is 0 Å². The first kappa shape index (κ1) is 18.2. The highest BCUT2D eigenvalue weighted by Gasteiger charge is 2.29. The minimum Gasteiger partial charge on any atom is -0.376 e. The lowest BCUT2D eigenvalue weighted by Crippen LogP contribution is -2.43. The third-order valence-electron chi connectivity index (χ3n) is 5.69. The van der Waals surface area contributed by atoms with E-state index in [9.17, 15) is 0 Å². The molecule has 0 bridgehead atoms. The number of anilines is 2. The first-order chi connectivity index (χ1) is 13.2. The minimum atomic E-state index is 0.239. The number of ether oxygens (including phenoxy) is 1. The summed E-state index contributed by atoms with van der Waals surface area (Å²) in [5.74, 6) is 2.21. The number of hydrogen-bond acceptors (Lipinski definition) is 6. The molecule has 0 unspecified atom stereocenters. The summed E-state index contributed by atoms with van der Waals surface area (Å²) in [4.78, 5) is 15.8. The summed E-state index contributed by atoms with van der Waals surface area (Å²) >= 11 is 0. The van der Waals surface area contributed by atoms with Gasteiger partial charge in [-0.2, -0.15) is 4.98 Å². The number of rotatable bonds is 5. The molecule has 7 heteroatoms. The molecule has 0 aliphatic carbocycles. The average molecular weight is 371 g/mol. The van der Waals surface area contributed by atoms with E-state index in [4.69, 9.17) is 9.72 Å². The Morgan fingerprint density at radius 2 is 2.04 bits per heavy atom. The van der Waals surface area contributed by atoms with Crippen molar-refractivity contribution in [2.75, 3.05) is 29.9 Å². The van der Waals surface area contributed by atoms with Crippen LogP contribution in [0, 0.1) is 5.92 Å². The maximum absolute atomic E-state index is 5.99. The average Bonchev–Trinajstić information content (AvgIpc) is 3.23. The number of imidazole rings is 1. The van der Waals surface area contributed by atoms with Crippen LogP contribution in [0.2, 0.25) is 0 Å². The largest absolute Gasteiger partial charge is 0.376 e. The monoisotopic (exact) mass is 370 g/mol. The summed E-state index contributed by atoms with van der Waals surface area (Å²) in [5, 5.41) is 3.61. The Hall–Kier alpha value is -2.15. The van der Waals surface area contributed by atoms with Gasteiger partial charge in [0.2, 0.25) is 5.95 Å². The standard InChI is InChI=1S/C20H30N6O/c1-15(2)19-17(4-3-13-27-19)23-18-5-8-22-20(24-18)25-10-6-16(7-11-25)26-12-9-21-14-26/h5,8-9,12,14-17,19H,3-4,6-7,10-11,13H2,1-2H3,(H,22,23,24)/t17-,19+/m0/s1. The van der Waals surface area contributed by atoms with Gasteiger partial charge in [-0.1, -0.05) is 13.8 Å². The van der Waals surface area contributed by atoms with Crippen molar-refractivity contribution in [2.45, 2.75) is 57.7 Å². The van der Waals surface area contributed by atoms with Gasteiger partial charge in [-0.15, -0.1) is 0 Å². The van der Waals surface area contributed by atoms with Gasteiger partial charge in [0.15, 0.2) is 0 Å². The Balaban J connectivity index is 1.39. The molecule has 0 radical (unpaired) electrons. The number of nitrogens with one attached hydrogen (secondary N) is 1. The molecule has 4 heterocycles. The smallest absolute Gasteiger partial charge is 0.227 e. The second kappa shape index (κ2) is 8.25. The molecule has 0 saturated carbocycles. The quantitative estimate of drug-likeness (QED) is 0.872. The Kier molecular flexibility index (Phi) is 5.57. The number of aromatic nitrogens is 4. The van der Waals surface area contributed by atoms with Crippen LogP contribution in [0.25, 0.3) is 0 Å². The highest BCUT2D eigenvalue weighted by Crippen LogP contribution is 2.26. The molecule has 0 aromatic carbocycles. The lowest BCUT2D eigenvalue weighted by atomic mass is 9.94. The normalized spacial score (nSPS) is 24.3. The van der Waals surface area contributed by atoms with E-state index in [-0.39, 0.29) is 6.10 Å². The summed E-state index contributed by atoms with van der Waals surface area (Å²) in [6.07, 6.45) is 12.3. The molecular weight excluding hydrogens is 340 g/mol. The third-order valence-corrected chi connectivity index (χ3v) is 5.69. The highest BCUT2D eigenvalue weighted by atomic mass is 16.5. The van der Waals surface area contributed by atoms with E-state index in [1.807, 2.05) is 24.8 Å². The van der Waals surface area contributed by atoms with Crippen molar-refractivity contribution in [1.29, 1.82) is 0 Å². The van der Waals surface area contributed by atoms with Crippen molar-refractivity contribution in [2.24, 2.45) is 5.92 Å². The van der Waals surface area contributed by atoms with E-state index in [1.54, 1.807) is 0 Å². The van der Waals surface area contributed by atoms with E-state index in [2.05, 4.69) is 44.8 Å². The van der Waals surface area contributed by atoms with Crippen molar-refractivity contribution < 1.29 is 4.74 Å². The molecule has 2 atom stereocenters. The van der Waals surface area contributed by atoms with Gasteiger partial charge in [0.05, 0.1) is 18.5 Å². The summed E-state index contributed by atoms with van der Waals surface area (Å²) in [5.41, 5.74) is 0. The van der Waals surface area contributed by atoms with E-state index in [0.29, 0.717) is 18.0 Å². The van der Waals surface area contributed by atoms with Crippen molar-refractivity contribution in [3.8, 4) is 0 Å². The third kappa shape index (κ3) is 4.24. The van der Waals surface area contributed by atoms with Crippen molar-refractivity contribution >= 4 is 11.8 Å². The van der Waals surface area contributed by atoms with Crippen LogP contribution in [0.5, 0.6) is 0 Å². The van der Waals surface area contributed by atoms with Gasteiger partial charge in [0.25, 0.3) is 0 Å². The topological polar surface area (TPSA) is 68.1 Å². The first-order valence-corrected chi connectivity index (χ1v) is 10.1. The van der Waals surface area contributed by atoms with Gasteiger partial charge in [0.1, 0.15) is 5.82 Å². The fourth-order valence-electron chi connectivity index (χ4n) is 4.23. The molecule has 7 nitrogen and oxygen atoms in total. The SMILES string of the molecule is CC(C)[C@H]1OCCC[C@@H]1Nc1ccnc(N2CCC(n3ccnc3)CC2)n1. The van der Waals surface area contributed by atoms with Gasteiger partial charge in [-0.3, -0.25) is 0 Å². The Morgan fingerprint density at radius 1 is 1.19 bits per heavy atom. The number of nitrogens with zero attached hydrogens (tertiary/aromatic N) is 5. The van der Waals surface area contributed by atoms with Gasteiger partial charge < -0.3 is 19.5 Å². The molecule has 0 amide bonds. The van der Waals surface area contributed by atoms with Crippen molar-refractivity contribution in [3.63, 3.8) is 0 Å². The van der Waals surface area contributed by atoms with Crippen LogP contribution in [0.4, 0.5) is 11.8 Å². The van der Waals surface area contributed by atoms with E-state index >= 15 is 0 Å². The fourth-order valence-corrected chi connectivity index (χ4v) is 4.23. The minimum absolute atomic E-state index is 0.239. The van der Waals surface area contributed by atoms with Crippen LogP contribution in [0.15, 0.2) is 31.0 Å². The predicted molar refractivity (Wildman–Crippen MR) is 106 cm³/mol. The van der Waals surface area contributed by atoms with E-state index < -0.39 is 0 Å². The zero-order valence-corrected chi connectivity index (χ0v) is 16.3. The zero-order valence-electron chi connectivity index (χ0n) is 16.3. The Morgan fingerprint density at radius 3 is 2.78 bits per heavy atom. The summed E-state index contributed by atoms with van der Waals surface area (Å²) in [6.45, 7) is 7.24. The molecule has 2 aromatic heterocycles. The van der Waals surface area contributed by atoms with E-state index in [1.165, 1.54) is 0 Å². The fraction of sp³-hybridized carbons (Fsp3) is 0.650. The Bertz CT molecular complexity index is 711. The second-order valence-corrected chi connectivity index (χ2v) is 7.94. The summed E-state index contributed by atoms with van der Waals surface area (Å²) in [6, 6.07) is 2.80. The molecule has 1 N–H and O–H groups in total. The molecule has 0 spiro atoms. The zero-order chi connectivity index (χ0) is 18.6. The maximum Gasteiger partial charge on any atom is 0.227 e. The van der Waals surface area contributed by atoms with Gasteiger partial charge in [0, 0.05) is 44.3 Å². The highest BCUT2D eigenvalue weighted by molar-refractivity contribution is 5.42. The van der Waals surface area contributed by atoms with E-state index in [0.717, 1.165) is 57.1 Å². The molecule has 2 aromatic rings. The van der Waals surface area contributed by atoms with Gasteiger partial charge in [-0.25, -0.2) is 9.97 Å². The van der Waals surface area contributed by atoms with Gasteiger partial charge >= 0.3 is 0 Å². The predicted octanol–water partition coefficient (Wildman–Crippen LogP) is 3.13. The maximum atomic E-state index is 5.99. The van der Waals surface area contributed by atoms with Gasteiger partial charge in [-0.05, 0) is 37.7 Å². The Labute approximate surface area is 161 Å². The molecule has 2 aliphatic rings.